The third-order valence-electron chi connectivity index (χ3n) is 8.42. The molecule has 0 radical (unpaired) electrons. The summed E-state index contributed by atoms with van der Waals surface area (Å²) >= 11 is 0. The number of fused-ring (bicyclic) bond motifs is 3. The van der Waals surface area contributed by atoms with Crippen LogP contribution in [0.1, 0.15) is 61.0 Å². The summed E-state index contributed by atoms with van der Waals surface area (Å²) in [4.78, 5) is 25.4. The minimum atomic E-state index is -0.270. The van der Waals surface area contributed by atoms with Gasteiger partial charge in [-0.2, -0.15) is 0 Å². The lowest BCUT2D eigenvalue weighted by Crippen LogP contribution is -2.44. The number of hydrogen-bond acceptors (Lipinski definition) is 4. The molecule has 6 rings (SSSR count). The molecule has 2 aliphatic rings. The van der Waals surface area contributed by atoms with Crippen molar-refractivity contribution in [3.8, 4) is 0 Å². The second-order valence-corrected chi connectivity index (χ2v) is 10.7. The SMILES string of the molecule is Cc1nc2cccnc2n1C1CC2CCC(C1)N2CC[C@H](C(=O)NCc1ccc(F)cc1)c1ccccc1. The van der Waals surface area contributed by atoms with Crippen molar-refractivity contribution in [1.29, 1.82) is 0 Å². The molecule has 6 nitrogen and oxygen atoms in total. The monoisotopic (exact) mass is 511 g/mol. The first-order chi connectivity index (χ1) is 18.6. The Labute approximate surface area is 222 Å². The molecule has 0 saturated carbocycles. The third-order valence-corrected chi connectivity index (χ3v) is 8.42. The summed E-state index contributed by atoms with van der Waals surface area (Å²) in [6.07, 6.45) is 7.21. The summed E-state index contributed by atoms with van der Waals surface area (Å²) in [5, 5.41) is 3.09. The van der Waals surface area contributed by atoms with Crippen molar-refractivity contribution in [2.75, 3.05) is 6.54 Å². The van der Waals surface area contributed by atoms with Gasteiger partial charge in [-0.3, -0.25) is 9.69 Å². The highest BCUT2D eigenvalue weighted by atomic mass is 19.1. The van der Waals surface area contributed by atoms with E-state index < -0.39 is 0 Å². The number of amides is 1. The topological polar surface area (TPSA) is 63.1 Å². The van der Waals surface area contributed by atoms with Gasteiger partial charge in [-0.05, 0) is 81.0 Å². The highest BCUT2D eigenvalue weighted by Gasteiger charge is 2.42. The Hall–Kier alpha value is -3.58. The summed E-state index contributed by atoms with van der Waals surface area (Å²) in [7, 11) is 0. The zero-order valence-electron chi connectivity index (χ0n) is 21.8. The van der Waals surface area contributed by atoms with Gasteiger partial charge >= 0.3 is 0 Å². The fourth-order valence-corrected chi connectivity index (χ4v) is 6.63. The highest BCUT2D eigenvalue weighted by molar-refractivity contribution is 5.83. The van der Waals surface area contributed by atoms with Crippen molar-refractivity contribution in [3.63, 3.8) is 0 Å². The van der Waals surface area contributed by atoms with Crippen LogP contribution in [-0.4, -0.2) is 44.0 Å². The number of pyridine rings is 1. The number of aromatic nitrogens is 3. The first-order valence-corrected chi connectivity index (χ1v) is 13.7. The van der Waals surface area contributed by atoms with Crippen LogP contribution in [-0.2, 0) is 11.3 Å². The Morgan fingerprint density at radius 3 is 2.47 bits per heavy atom. The zero-order chi connectivity index (χ0) is 26.1. The maximum atomic E-state index is 13.4. The van der Waals surface area contributed by atoms with E-state index in [4.69, 9.17) is 4.98 Å². The Morgan fingerprint density at radius 1 is 1.00 bits per heavy atom. The minimum absolute atomic E-state index is 0.0225. The van der Waals surface area contributed by atoms with Crippen molar-refractivity contribution in [2.24, 2.45) is 0 Å². The molecule has 38 heavy (non-hydrogen) atoms. The van der Waals surface area contributed by atoms with Gasteiger partial charge in [0, 0.05) is 30.9 Å². The van der Waals surface area contributed by atoms with Gasteiger partial charge in [-0.15, -0.1) is 0 Å². The number of halogens is 1. The summed E-state index contributed by atoms with van der Waals surface area (Å²) in [5.41, 5.74) is 3.89. The molecule has 2 bridgehead atoms. The van der Waals surface area contributed by atoms with Gasteiger partial charge in [0.2, 0.25) is 5.91 Å². The molecule has 196 valence electrons. The number of carbonyl (C=O) groups excluding carboxylic acids is 1. The van der Waals surface area contributed by atoms with Gasteiger partial charge in [0.05, 0.1) is 5.92 Å². The Morgan fingerprint density at radius 2 is 1.74 bits per heavy atom. The average molecular weight is 512 g/mol. The minimum Gasteiger partial charge on any atom is -0.351 e. The number of hydrogen-bond donors (Lipinski definition) is 1. The number of benzene rings is 2. The van der Waals surface area contributed by atoms with E-state index in [2.05, 4.69) is 26.7 Å². The van der Waals surface area contributed by atoms with Crippen LogP contribution in [0.15, 0.2) is 72.9 Å². The Bertz CT molecular complexity index is 1390. The number of piperidine rings is 1. The second-order valence-electron chi connectivity index (χ2n) is 10.7. The molecule has 2 aliphatic heterocycles. The molecule has 0 spiro atoms. The molecule has 2 fully saturated rings. The van der Waals surface area contributed by atoms with E-state index in [1.54, 1.807) is 12.1 Å². The maximum absolute atomic E-state index is 13.4. The standard InChI is InChI=1S/C31H34FN5O/c1-21-35-29-8-5-16-33-30(29)37(21)27-18-25-13-14-26(19-27)36(25)17-15-28(23-6-3-2-4-7-23)31(38)34-20-22-9-11-24(32)12-10-22/h2-12,16,25-28H,13-15,17-20H2,1H3,(H,34,38)/t25?,26?,27?,28-/m0/s1. The third kappa shape index (κ3) is 4.95. The normalized spacial score (nSPS) is 22.0. The van der Waals surface area contributed by atoms with Gasteiger partial charge < -0.3 is 9.88 Å². The van der Waals surface area contributed by atoms with E-state index in [1.165, 1.54) is 25.0 Å². The first kappa shape index (κ1) is 24.7. The van der Waals surface area contributed by atoms with Crippen molar-refractivity contribution in [2.45, 2.75) is 69.6 Å². The number of rotatable bonds is 8. The molecular weight excluding hydrogens is 477 g/mol. The zero-order valence-corrected chi connectivity index (χ0v) is 21.8. The lowest BCUT2D eigenvalue weighted by Gasteiger charge is -2.40. The number of carbonyl (C=O) groups is 1. The second kappa shape index (κ2) is 10.7. The predicted molar refractivity (Wildman–Crippen MR) is 146 cm³/mol. The molecule has 0 aliphatic carbocycles. The first-order valence-electron chi connectivity index (χ1n) is 13.7. The average Bonchev–Trinajstić information content (AvgIpc) is 3.39. The van der Waals surface area contributed by atoms with Crippen molar-refractivity contribution in [3.05, 3.63) is 95.7 Å². The molecule has 2 aromatic heterocycles. The smallest absolute Gasteiger partial charge is 0.227 e. The van der Waals surface area contributed by atoms with Gasteiger partial charge in [-0.25, -0.2) is 14.4 Å². The van der Waals surface area contributed by atoms with Crippen molar-refractivity contribution >= 4 is 17.1 Å². The molecular formula is C31H34FN5O. The van der Waals surface area contributed by atoms with Gasteiger partial charge in [0.1, 0.15) is 17.2 Å². The molecule has 7 heteroatoms. The molecule has 3 atom stereocenters. The molecule has 2 saturated heterocycles. The molecule has 1 amide bonds. The van der Waals surface area contributed by atoms with E-state index >= 15 is 0 Å². The van der Waals surface area contributed by atoms with E-state index in [-0.39, 0.29) is 17.6 Å². The van der Waals surface area contributed by atoms with Crippen molar-refractivity contribution in [1.82, 2.24) is 24.8 Å². The molecule has 2 unspecified atom stereocenters. The lowest BCUT2D eigenvalue weighted by molar-refractivity contribution is -0.123. The van der Waals surface area contributed by atoms with Crippen LogP contribution >= 0.6 is 0 Å². The van der Waals surface area contributed by atoms with Gasteiger partial charge in [0.15, 0.2) is 5.65 Å². The number of imidazole rings is 1. The van der Waals surface area contributed by atoms with Gasteiger partial charge in [-0.1, -0.05) is 42.5 Å². The number of aryl methyl sites for hydroxylation is 1. The quantitative estimate of drug-likeness (QED) is 0.338. The van der Waals surface area contributed by atoms with Crippen LogP contribution in [0.2, 0.25) is 0 Å². The molecule has 2 aromatic carbocycles. The fourth-order valence-electron chi connectivity index (χ4n) is 6.63. The molecule has 1 N–H and O–H groups in total. The fraction of sp³-hybridized carbons (Fsp3) is 0.387. The Kier molecular flexibility index (Phi) is 6.94. The summed E-state index contributed by atoms with van der Waals surface area (Å²) in [6, 6.07) is 21.8. The summed E-state index contributed by atoms with van der Waals surface area (Å²) < 4.78 is 15.6. The largest absolute Gasteiger partial charge is 0.351 e. The van der Waals surface area contributed by atoms with Crippen LogP contribution in [0, 0.1) is 12.7 Å². The van der Waals surface area contributed by atoms with E-state index in [9.17, 15) is 9.18 Å². The van der Waals surface area contributed by atoms with Crippen molar-refractivity contribution < 1.29 is 9.18 Å². The highest BCUT2D eigenvalue weighted by Crippen LogP contribution is 2.42. The molecule has 4 heterocycles. The van der Waals surface area contributed by atoms with E-state index in [1.807, 2.05) is 48.7 Å². The maximum Gasteiger partial charge on any atom is 0.227 e. The summed E-state index contributed by atoms with van der Waals surface area (Å²) in [5.74, 6) is 0.568. The van der Waals surface area contributed by atoms with Crippen LogP contribution < -0.4 is 5.32 Å². The van der Waals surface area contributed by atoms with Crippen LogP contribution in [0.25, 0.3) is 11.2 Å². The van der Waals surface area contributed by atoms with Gasteiger partial charge in [0.25, 0.3) is 0 Å². The van der Waals surface area contributed by atoms with E-state index in [0.29, 0.717) is 24.7 Å². The van der Waals surface area contributed by atoms with Crippen LogP contribution in [0.5, 0.6) is 0 Å². The van der Waals surface area contributed by atoms with E-state index in [0.717, 1.165) is 53.9 Å². The lowest BCUT2D eigenvalue weighted by atomic mass is 9.92. The predicted octanol–water partition coefficient (Wildman–Crippen LogP) is 5.54. The summed E-state index contributed by atoms with van der Waals surface area (Å²) in [6.45, 7) is 3.38. The number of nitrogens with one attached hydrogen (secondary N) is 1. The molecule has 4 aromatic rings. The van der Waals surface area contributed by atoms with Crippen LogP contribution in [0.3, 0.4) is 0 Å². The van der Waals surface area contributed by atoms with Crippen LogP contribution in [0.4, 0.5) is 4.39 Å². The Balaban J connectivity index is 1.14. The number of nitrogens with zero attached hydrogens (tertiary/aromatic N) is 4.